The molecule has 1 atom stereocenters. The first-order valence-corrected chi connectivity index (χ1v) is 12.0. The third-order valence-electron chi connectivity index (χ3n) is 5.87. The van der Waals surface area contributed by atoms with Crippen LogP contribution in [0.3, 0.4) is 0 Å². The second-order valence-corrected chi connectivity index (χ2v) is 9.62. The second kappa shape index (κ2) is 9.45. The minimum Gasteiger partial charge on any atom is -0.368 e. The fourth-order valence-corrected chi connectivity index (χ4v) is 5.47. The van der Waals surface area contributed by atoms with Gasteiger partial charge in [-0.05, 0) is 37.5 Å². The van der Waals surface area contributed by atoms with Gasteiger partial charge < -0.3 is 14.5 Å². The largest absolute Gasteiger partial charge is 0.368 e. The number of piperazine rings is 1. The lowest BCUT2D eigenvalue weighted by molar-refractivity contribution is -0.142. The lowest BCUT2D eigenvalue weighted by Gasteiger charge is -2.36. The van der Waals surface area contributed by atoms with E-state index < -0.39 is 10.0 Å². The van der Waals surface area contributed by atoms with E-state index in [4.69, 9.17) is 4.74 Å². The molecule has 1 unspecified atom stereocenters. The molecule has 0 N–H and O–H groups in total. The highest BCUT2D eigenvalue weighted by Crippen LogP contribution is 2.22. The van der Waals surface area contributed by atoms with Crippen LogP contribution in [-0.2, 0) is 19.6 Å². The number of carbonyl (C=O) groups excluding carboxylic acids is 2. The summed E-state index contributed by atoms with van der Waals surface area (Å²) in [5, 5.41) is 0. The van der Waals surface area contributed by atoms with Gasteiger partial charge in [-0.25, -0.2) is 8.42 Å². The number of nitrogens with zero attached hydrogens (tertiary/aromatic N) is 3. The summed E-state index contributed by atoms with van der Waals surface area (Å²) in [6.07, 6.45) is 1.31. The van der Waals surface area contributed by atoms with Crippen LogP contribution in [0.5, 0.6) is 0 Å². The number of amides is 2. The van der Waals surface area contributed by atoms with Gasteiger partial charge in [0, 0.05) is 51.4 Å². The molecule has 166 valence electrons. The van der Waals surface area contributed by atoms with E-state index in [1.165, 1.54) is 10.4 Å². The Labute approximate surface area is 178 Å². The molecule has 2 amide bonds. The molecule has 2 aliphatic rings. The van der Waals surface area contributed by atoms with E-state index in [1.54, 1.807) is 42.7 Å². The van der Waals surface area contributed by atoms with E-state index in [9.17, 15) is 18.0 Å². The smallest absolute Gasteiger partial charge is 0.254 e. The Morgan fingerprint density at radius 2 is 1.73 bits per heavy atom. The van der Waals surface area contributed by atoms with Gasteiger partial charge in [0.05, 0.1) is 4.90 Å². The lowest BCUT2D eigenvalue weighted by Crippen LogP contribution is -2.52. The minimum atomic E-state index is -3.64. The van der Waals surface area contributed by atoms with Crippen molar-refractivity contribution in [2.24, 2.45) is 0 Å². The van der Waals surface area contributed by atoms with Crippen LogP contribution in [0.15, 0.2) is 23.1 Å². The Morgan fingerprint density at radius 3 is 2.30 bits per heavy atom. The van der Waals surface area contributed by atoms with E-state index in [1.807, 2.05) is 0 Å². The van der Waals surface area contributed by atoms with Crippen molar-refractivity contribution in [1.29, 1.82) is 0 Å². The monoisotopic (exact) mass is 437 g/mol. The average Bonchev–Trinajstić information content (AvgIpc) is 3.28. The summed E-state index contributed by atoms with van der Waals surface area (Å²) in [6.45, 7) is 8.51. The third kappa shape index (κ3) is 4.53. The Morgan fingerprint density at radius 1 is 1.10 bits per heavy atom. The van der Waals surface area contributed by atoms with Crippen LogP contribution in [0.25, 0.3) is 0 Å². The van der Waals surface area contributed by atoms with Gasteiger partial charge in [0.25, 0.3) is 11.8 Å². The molecule has 8 nitrogen and oxygen atoms in total. The molecule has 0 saturated carbocycles. The summed E-state index contributed by atoms with van der Waals surface area (Å²) in [5.74, 6) is -0.198. The van der Waals surface area contributed by atoms with Gasteiger partial charge in [-0.3, -0.25) is 9.59 Å². The van der Waals surface area contributed by atoms with Crippen LogP contribution in [-0.4, -0.2) is 86.3 Å². The van der Waals surface area contributed by atoms with Crippen molar-refractivity contribution < 1.29 is 22.7 Å². The summed E-state index contributed by atoms with van der Waals surface area (Å²) in [7, 11) is -3.64. The van der Waals surface area contributed by atoms with Gasteiger partial charge >= 0.3 is 0 Å². The maximum absolute atomic E-state index is 13.1. The Bertz CT molecular complexity index is 884. The van der Waals surface area contributed by atoms with E-state index in [0.717, 1.165) is 18.4 Å². The number of hydrogen-bond acceptors (Lipinski definition) is 5. The zero-order valence-corrected chi connectivity index (χ0v) is 18.8. The number of ether oxygens (including phenoxy) is 1. The number of rotatable bonds is 6. The first kappa shape index (κ1) is 22.7. The number of sulfonamides is 1. The molecule has 0 aromatic heterocycles. The zero-order chi connectivity index (χ0) is 21.9. The number of hydrogen-bond donors (Lipinski definition) is 0. The summed E-state index contributed by atoms with van der Waals surface area (Å²) in [5.41, 5.74) is 1.12. The van der Waals surface area contributed by atoms with Crippen LogP contribution in [0.1, 0.15) is 42.6 Å². The van der Waals surface area contributed by atoms with Crippen molar-refractivity contribution >= 4 is 21.8 Å². The molecule has 9 heteroatoms. The molecule has 1 aromatic carbocycles. The van der Waals surface area contributed by atoms with Crippen LogP contribution >= 0.6 is 0 Å². The number of aryl methyl sites for hydroxylation is 1. The maximum atomic E-state index is 13.1. The van der Waals surface area contributed by atoms with Crippen molar-refractivity contribution in [2.45, 2.75) is 44.6 Å². The molecule has 1 aromatic rings. The van der Waals surface area contributed by atoms with E-state index in [0.29, 0.717) is 51.4 Å². The number of carbonyl (C=O) groups is 2. The van der Waals surface area contributed by atoms with Crippen molar-refractivity contribution in [1.82, 2.24) is 14.1 Å². The van der Waals surface area contributed by atoms with Crippen LogP contribution in [0.2, 0.25) is 0 Å². The van der Waals surface area contributed by atoms with Gasteiger partial charge in [-0.2, -0.15) is 4.31 Å². The Balaban J connectivity index is 1.72. The van der Waals surface area contributed by atoms with Crippen molar-refractivity contribution in [3.05, 3.63) is 29.3 Å². The molecule has 2 aliphatic heterocycles. The molecule has 0 aliphatic carbocycles. The molecule has 3 rings (SSSR count). The van der Waals surface area contributed by atoms with Crippen molar-refractivity contribution in [3.63, 3.8) is 0 Å². The van der Waals surface area contributed by atoms with Gasteiger partial charge in [0.1, 0.15) is 6.10 Å². The SMILES string of the molecule is CCN(CC)S(=O)(=O)c1ccc(C)c(C(=O)N2CCN(C(=O)C3CCCO3)CC2)c1. The summed E-state index contributed by atoms with van der Waals surface area (Å²) in [6, 6.07) is 4.72. The molecule has 2 fully saturated rings. The molecule has 0 radical (unpaired) electrons. The Kier molecular flexibility index (Phi) is 7.15. The van der Waals surface area contributed by atoms with Crippen molar-refractivity contribution in [2.75, 3.05) is 45.9 Å². The molecular weight excluding hydrogens is 406 g/mol. The summed E-state index contributed by atoms with van der Waals surface area (Å²) < 4.78 is 32.5. The number of benzene rings is 1. The molecule has 0 spiro atoms. The van der Waals surface area contributed by atoms with Crippen LogP contribution in [0.4, 0.5) is 0 Å². The summed E-state index contributed by atoms with van der Waals surface area (Å²) >= 11 is 0. The maximum Gasteiger partial charge on any atom is 0.254 e. The highest BCUT2D eigenvalue weighted by Gasteiger charge is 2.32. The fraction of sp³-hybridized carbons (Fsp3) is 0.619. The van der Waals surface area contributed by atoms with Gasteiger partial charge in [-0.15, -0.1) is 0 Å². The normalized spacial score (nSPS) is 20.1. The van der Waals surface area contributed by atoms with Gasteiger partial charge in [0.15, 0.2) is 0 Å². The molecule has 2 saturated heterocycles. The first-order valence-electron chi connectivity index (χ1n) is 10.6. The van der Waals surface area contributed by atoms with E-state index in [-0.39, 0.29) is 22.8 Å². The predicted octanol–water partition coefficient (Wildman–Crippen LogP) is 1.49. The standard InChI is InChI=1S/C21H31N3O5S/c1-4-24(5-2)30(27,28)17-9-8-16(3)18(15-17)20(25)22-10-12-23(13-11-22)21(26)19-7-6-14-29-19/h8-9,15,19H,4-7,10-14H2,1-3H3. The quantitative estimate of drug-likeness (QED) is 0.673. The zero-order valence-electron chi connectivity index (χ0n) is 18.0. The van der Waals surface area contributed by atoms with Crippen molar-refractivity contribution in [3.8, 4) is 0 Å². The van der Waals surface area contributed by atoms with E-state index in [2.05, 4.69) is 0 Å². The fourth-order valence-electron chi connectivity index (χ4n) is 3.98. The topological polar surface area (TPSA) is 87.2 Å². The van der Waals surface area contributed by atoms with Gasteiger partial charge in [-0.1, -0.05) is 19.9 Å². The lowest BCUT2D eigenvalue weighted by atomic mass is 10.1. The first-order chi connectivity index (χ1) is 14.3. The molecule has 2 heterocycles. The van der Waals surface area contributed by atoms with Crippen LogP contribution < -0.4 is 0 Å². The van der Waals surface area contributed by atoms with Crippen LogP contribution in [0, 0.1) is 6.92 Å². The third-order valence-corrected chi connectivity index (χ3v) is 7.91. The molecular formula is C21H31N3O5S. The molecule has 0 bridgehead atoms. The van der Waals surface area contributed by atoms with Gasteiger partial charge in [0.2, 0.25) is 10.0 Å². The highest BCUT2D eigenvalue weighted by molar-refractivity contribution is 7.89. The van der Waals surface area contributed by atoms with E-state index >= 15 is 0 Å². The Hall–Kier alpha value is -1.97. The minimum absolute atomic E-state index is 0.00286. The average molecular weight is 438 g/mol. The second-order valence-electron chi connectivity index (χ2n) is 7.69. The predicted molar refractivity (Wildman–Crippen MR) is 113 cm³/mol. The summed E-state index contributed by atoms with van der Waals surface area (Å²) in [4.78, 5) is 29.2. The highest BCUT2D eigenvalue weighted by atomic mass is 32.2. The molecule has 30 heavy (non-hydrogen) atoms.